The number of carbonyl (C=O) groups excluding carboxylic acids is 1. The van der Waals surface area contributed by atoms with Crippen molar-refractivity contribution in [2.24, 2.45) is 0 Å². The van der Waals surface area contributed by atoms with Gasteiger partial charge >= 0.3 is 0 Å². The van der Waals surface area contributed by atoms with E-state index in [2.05, 4.69) is 33.8 Å². The number of nitrogens with zero attached hydrogens (tertiary/aromatic N) is 4. The molecule has 1 aromatic heterocycles. The molecule has 0 spiro atoms. The van der Waals surface area contributed by atoms with Gasteiger partial charge in [-0.3, -0.25) is 4.79 Å². The second-order valence-electron chi connectivity index (χ2n) is 7.52. The third-order valence-corrected chi connectivity index (χ3v) is 5.67. The molecule has 2 aliphatic heterocycles. The smallest absolute Gasteiger partial charge is 0.233 e. The molecule has 0 bridgehead atoms. The van der Waals surface area contributed by atoms with Gasteiger partial charge in [-0.25, -0.2) is 0 Å². The van der Waals surface area contributed by atoms with Gasteiger partial charge in [0.2, 0.25) is 5.91 Å². The Morgan fingerprint density at radius 3 is 2.78 bits per heavy atom. The van der Waals surface area contributed by atoms with Crippen LogP contribution in [-0.2, 0) is 29.1 Å². The van der Waals surface area contributed by atoms with Crippen molar-refractivity contribution in [1.82, 2.24) is 19.7 Å². The first-order valence-corrected chi connectivity index (χ1v) is 10.1. The van der Waals surface area contributed by atoms with Crippen molar-refractivity contribution in [2.75, 3.05) is 13.1 Å². The molecule has 4 rings (SSSR count). The highest BCUT2D eigenvalue weighted by atomic mass is 16.5. The molecule has 2 aliphatic rings. The van der Waals surface area contributed by atoms with Crippen molar-refractivity contribution in [3.63, 3.8) is 0 Å². The molecule has 0 N–H and O–H groups in total. The van der Waals surface area contributed by atoms with E-state index in [1.54, 1.807) is 0 Å². The molecule has 0 aliphatic carbocycles. The van der Waals surface area contributed by atoms with Crippen LogP contribution in [0.2, 0.25) is 0 Å². The molecular formula is C21H28N4O2. The highest BCUT2D eigenvalue weighted by Crippen LogP contribution is 2.30. The van der Waals surface area contributed by atoms with Crippen LogP contribution in [0.4, 0.5) is 0 Å². The number of benzene rings is 1. The van der Waals surface area contributed by atoms with Gasteiger partial charge in [0.05, 0.1) is 18.6 Å². The number of ether oxygens (including phenoxy) is 1. The van der Waals surface area contributed by atoms with Gasteiger partial charge in [0.15, 0.2) is 0 Å². The third-order valence-electron chi connectivity index (χ3n) is 5.67. The number of carbonyl (C=O) groups is 1. The molecule has 1 amide bonds. The van der Waals surface area contributed by atoms with Crippen molar-refractivity contribution in [2.45, 2.75) is 64.2 Å². The van der Waals surface area contributed by atoms with Crippen LogP contribution < -0.4 is 0 Å². The summed E-state index contributed by atoms with van der Waals surface area (Å²) in [6.45, 7) is 5.11. The highest BCUT2D eigenvalue weighted by molar-refractivity contribution is 5.83. The molecule has 6 nitrogen and oxygen atoms in total. The van der Waals surface area contributed by atoms with E-state index >= 15 is 0 Å². The maximum absolute atomic E-state index is 13.2. The van der Waals surface area contributed by atoms with E-state index in [9.17, 15) is 4.79 Å². The molecule has 1 saturated heterocycles. The Balaban J connectivity index is 1.40. The normalized spacial score (nSPS) is 22.5. The van der Waals surface area contributed by atoms with Crippen LogP contribution in [-0.4, -0.2) is 44.8 Å². The first kappa shape index (κ1) is 18.2. The van der Waals surface area contributed by atoms with Crippen molar-refractivity contribution in [3.05, 3.63) is 47.5 Å². The van der Waals surface area contributed by atoms with Gasteiger partial charge in [-0.1, -0.05) is 37.3 Å². The summed E-state index contributed by atoms with van der Waals surface area (Å²) < 4.78 is 8.25. The van der Waals surface area contributed by atoms with Crippen molar-refractivity contribution < 1.29 is 9.53 Å². The average Bonchev–Trinajstić information content (AvgIpc) is 3.16. The minimum atomic E-state index is -0.153. The average molecular weight is 368 g/mol. The summed E-state index contributed by atoms with van der Waals surface area (Å²) in [5.41, 5.74) is 1.17. The number of rotatable bonds is 5. The zero-order valence-electron chi connectivity index (χ0n) is 16.0. The van der Waals surface area contributed by atoms with E-state index in [4.69, 9.17) is 4.74 Å². The Hall–Kier alpha value is -2.21. The summed E-state index contributed by atoms with van der Waals surface area (Å²) in [7, 11) is 0. The minimum absolute atomic E-state index is 0.107. The number of hydrogen-bond donors (Lipinski definition) is 0. The molecule has 144 valence electrons. The van der Waals surface area contributed by atoms with Gasteiger partial charge in [0.25, 0.3) is 0 Å². The van der Waals surface area contributed by atoms with E-state index in [0.29, 0.717) is 13.2 Å². The van der Waals surface area contributed by atoms with Crippen LogP contribution in [0, 0.1) is 0 Å². The molecule has 27 heavy (non-hydrogen) atoms. The zero-order valence-corrected chi connectivity index (χ0v) is 16.0. The summed E-state index contributed by atoms with van der Waals surface area (Å²) in [6, 6.07) is 10.2. The van der Waals surface area contributed by atoms with Crippen molar-refractivity contribution in [1.29, 1.82) is 0 Å². The molecule has 2 atom stereocenters. The number of aromatic nitrogens is 3. The van der Waals surface area contributed by atoms with E-state index in [-0.39, 0.29) is 17.9 Å². The van der Waals surface area contributed by atoms with Crippen molar-refractivity contribution in [3.8, 4) is 0 Å². The lowest BCUT2D eigenvalue weighted by atomic mass is 9.95. The van der Waals surface area contributed by atoms with Crippen LogP contribution in [0.15, 0.2) is 30.3 Å². The predicted molar refractivity (Wildman–Crippen MR) is 102 cm³/mol. The fraction of sp³-hybridized carbons (Fsp3) is 0.571. The number of fused-ring (bicyclic) bond motifs is 1. The first-order chi connectivity index (χ1) is 13.3. The maximum atomic E-state index is 13.2. The fourth-order valence-corrected chi connectivity index (χ4v) is 4.21. The van der Waals surface area contributed by atoms with E-state index in [1.807, 2.05) is 23.1 Å². The number of piperidine rings is 1. The summed E-state index contributed by atoms with van der Waals surface area (Å²) in [5, 5.41) is 8.64. The Morgan fingerprint density at radius 2 is 1.96 bits per heavy atom. The van der Waals surface area contributed by atoms with Gasteiger partial charge < -0.3 is 14.2 Å². The SMILES string of the molecule is CCc1nnc2n1CCCC2C(=O)N1CCCC(OCc2ccccc2)C1. The van der Waals surface area contributed by atoms with E-state index in [0.717, 1.165) is 56.8 Å². The molecule has 6 heteroatoms. The summed E-state index contributed by atoms with van der Waals surface area (Å²) in [5.74, 6) is 1.89. The molecule has 0 radical (unpaired) electrons. The highest BCUT2D eigenvalue weighted by Gasteiger charge is 2.35. The molecular weight excluding hydrogens is 340 g/mol. The van der Waals surface area contributed by atoms with Crippen LogP contribution in [0.25, 0.3) is 0 Å². The lowest BCUT2D eigenvalue weighted by molar-refractivity contribution is -0.138. The van der Waals surface area contributed by atoms with Gasteiger partial charge in [-0.15, -0.1) is 10.2 Å². The number of aryl methyl sites for hydroxylation is 1. The summed E-state index contributed by atoms with van der Waals surface area (Å²) in [4.78, 5) is 15.2. The molecule has 1 fully saturated rings. The van der Waals surface area contributed by atoms with Crippen LogP contribution in [0.3, 0.4) is 0 Å². The number of hydrogen-bond acceptors (Lipinski definition) is 4. The Bertz CT molecular complexity index is 774. The minimum Gasteiger partial charge on any atom is -0.372 e. The third kappa shape index (κ3) is 3.90. The van der Waals surface area contributed by atoms with Crippen LogP contribution in [0.5, 0.6) is 0 Å². The van der Waals surface area contributed by atoms with Crippen LogP contribution in [0.1, 0.15) is 55.7 Å². The maximum Gasteiger partial charge on any atom is 0.233 e. The molecule has 2 unspecified atom stereocenters. The van der Waals surface area contributed by atoms with Gasteiger partial charge in [0, 0.05) is 26.1 Å². The van der Waals surface area contributed by atoms with E-state index in [1.165, 1.54) is 5.56 Å². The molecule has 3 heterocycles. The first-order valence-electron chi connectivity index (χ1n) is 10.1. The Morgan fingerprint density at radius 1 is 1.15 bits per heavy atom. The zero-order chi connectivity index (χ0) is 18.6. The van der Waals surface area contributed by atoms with Gasteiger partial charge in [-0.2, -0.15) is 0 Å². The van der Waals surface area contributed by atoms with Gasteiger partial charge in [-0.05, 0) is 31.2 Å². The Labute approximate surface area is 160 Å². The second kappa shape index (κ2) is 8.21. The quantitative estimate of drug-likeness (QED) is 0.814. The lowest BCUT2D eigenvalue weighted by Crippen LogP contribution is -2.46. The molecule has 0 saturated carbocycles. The number of amides is 1. The predicted octanol–water partition coefficient (Wildman–Crippen LogP) is 2.93. The van der Waals surface area contributed by atoms with Crippen molar-refractivity contribution >= 4 is 5.91 Å². The number of likely N-dealkylation sites (tertiary alicyclic amines) is 1. The summed E-state index contributed by atoms with van der Waals surface area (Å²) in [6.07, 6.45) is 4.84. The van der Waals surface area contributed by atoms with Crippen LogP contribution >= 0.6 is 0 Å². The van der Waals surface area contributed by atoms with Gasteiger partial charge in [0.1, 0.15) is 11.6 Å². The molecule has 2 aromatic rings. The lowest BCUT2D eigenvalue weighted by Gasteiger charge is -2.35. The monoisotopic (exact) mass is 368 g/mol. The largest absolute Gasteiger partial charge is 0.372 e. The fourth-order valence-electron chi connectivity index (χ4n) is 4.21. The molecule has 1 aromatic carbocycles. The standard InChI is InChI=1S/C21H28N4O2/c1-2-19-22-23-20-18(11-7-13-25(19)20)21(26)24-12-6-10-17(14-24)27-15-16-8-4-3-5-9-16/h3-5,8-9,17-18H,2,6-7,10-15H2,1H3. The van der Waals surface area contributed by atoms with E-state index < -0.39 is 0 Å². The second-order valence-corrected chi connectivity index (χ2v) is 7.52. The summed E-state index contributed by atoms with van der Waals surface area (Å²) >= 11 is 0. The Kier molecular flexibility index (Phi) is 5.53. The topological polar surface area (TPSA) is 60.2 Å².